The second-order valence-corrected chi connectivity index (χ2v) is 7.36. The number of nitrogens with zero attached hydrogens (tertiary/aromatic N) is 3. The van der Waals surface area contributed by atoms with E-state index >= 15 is 0 Å². The first-order chi connectivity index (χ1) is 11.0. The van der Waals surface area contributed by atoms with Crippen molar-refractivity contribution in [3.8, 4) is 11.5 Å². The van der Waals surface area contributed by atoms with Crippen LogP contribution in [0.1, 0.15) is 19.7 Å². The van der Waals surface area contributed by atoms with E-state index in [1.165, 1.54) is 0 Å². The van der Waals surface area contributed by atoms with Crippen LogP contribution < -0.4 is 15.6 Å². The van der Waals surface area contributed by atoms with E-state index in [1.54, 1.807) is 24.5 Å². The monoisotopic (exact) mass is 338 g/mol. The summed E-state index contributed by atoms with van der Waals surface area (Å²) in [5, 5.41) is 7.18. The highest BCUT2D eigenvalue weighted by molar-refractivity contribution is 7.90. The first-order valence-electron chi connectivity index (χ1n) is 7.19. The minimum Gasteiger partial charge on any atom is -0.419 e. The normalized spacial score (nSPS) is 24.9. The van der Waals surface area contributed by atoms with Gasteiger partial charge in [-0.3, -0.25) is 15.8 Å². The molecule has 2 atom stereocenters. The van der Waals surface area contributed by atoms with Gasteiger partial charge < -0.3 is 4.42 Å². The molecule has 2 aromatic rings. The van der Waals surface area contributed by atoms with Gasteiger partial charge in [0.2, 0.25) is 21.8 Å². The van der Waals surface area contributed by atoms with E-state index < -0.39 is 15.3 Å². The van der Waals surface area contributed by atoms with Gasteiger partial charge in [0, 0.05) is 24.5 Å². The van der Waals surface area contributed by atoms with Crippen LogP contribution in [0.25, 0.3) is 11.5 Å². The van der Waals surface area contributed by atoms with Gasteiger partial charge in [-0.1, -0.05) is 0 Å². The molecular weight excluding hydrogens is 320 g/mol. The predicted molar refractivity (Wildman–Crippen MR) is 82.3 cm³/mol. The molecule has 10 heteroatoms. The van der Waals surface area contributed by atoms with E-state index in [-0.39, 0.29) is 24.5 Å². The zero-order valence-electron chi connectivity index (χ0n) is 12.7. The lowest BCUT2D eigenvalue weighted by molar-refractivity contribution is 0.488. The van der Waals surface area contributed by atoms with Gasteiger partial charge in [0.25, 0.3) is 0 Å². The first kappa shape index (κ1) is 16.0. The van der Waals surface area contributed by atoms with Crippen molar-refractivity contribution >= 4 is 10.0 Å². The molecule has 23 heavy (non-hydrogen) atoms. The summed E-state index contributed by atoms with van der Waals surface area (Å²) < 4.78 is 32.8. The maximum absolute atomic E-state index is 12.4. The Morgan fingerprint density at radius 3 is 2.65 bits per heavy atom. The van der Waals surface area contributed by atoms with E-state index in [2.05, 4.69) is 30.8 Å². The molecule has 0 bridgehead atoms. The third-order valence-corrected chi connectivity index (χ3v) is 5.76. The molecule has 3 N–H and O–H groups in total. The lowest BCUT2D eigenvalue weighted by atomic mass is 10.2. The van der Waals surface area contributed by atoms with E-state index in [9.17, 15) is 8.42 Å². The Morgan fingerprint density at radius 1 is 1.26 bits per heavy atom. The first-order valence-corrected chi connectivity index (χ1v) is 8.74. The summed E-state index contributed by atoms with van der Waals surface area (Å²) >= 11 is 0. The van der Waals surface area contributed by atoms with Crippen LogP contribution in [0.2, 0.25) is 0 Å². The number of sulfonamides is 1. The second kappa shape index (κ2) is 6.32. The van der Waals surface area contributed by atoms with Gasteiger partial charge >= 0.3 is 0 Å². The Kier molecular flexibility index (Phi) is 4.39. The quantitative estimate of drug-likeness (QED) is 0.685. The molecule has 9 nitrogen and oxygen atoms in total. The van der Waals surface area contributed by atoms with Crippen LogP contribution in [-0.2, 0) is 16.6 Å². The lowest BCUT2D eigenvalue weighted by Crippen LogP contribution is -2.44. The molecule has 1 saturated heterocycles. The maximum Gasteiger partial charge on any atom is 0.249 e. The van der Waals surface area contributed by atoms with Crippen molar-refractivity contribution in [2.45, 2.75) is 37.7 Å². The zero-order chi connectivity index (χ0) is 16.4. The van der Waals surface area contributed by atoms with Crippen molar-refractivity contribution in [3.63, 3.8) is 0 Å². The molecule has 0 aliphatic carbocycles. The highest BCUT2D eigenvalue weighted by atomic mass is 32.2. The van der Waals surface area contributed by atoms with E-state index in [1.807, 2.05) is 13.8 Å². The fourth-order valence-corrected chi connectivity index (χ4v) is 4.32. The topological polar surface area (TPSA) is 122 Å². The van der Waals surface area contributed by atoms with Crippen LogP contribution in [0.4, 0.5) is 0 Å². The van der Waals surface area contributed by atoms with Gasteiger partial charge in [-0.05, 0) is 26.0 Å². The Morgan fingerprint density at radius 2 is 2.00 bits per heavy atom. The number of pyridine rings is 1. The van der Waals surface area contributed by atoms with Gasteiger partial charge in [-0.15, -0.1) is 10.2 Å². The Labute approximate surface area is 133 Å². The number of hydrazine groups is 1. The van der Waals surface area contributed by atoms with Crippen LogP contribution in [0.3, 0.4) is 0 Å². The Balaban J connectivity index is 1.68. The average molecular weight is 338 g/mol. The standard InChI is InChI=1S/C13H18N6O3S/c1-8-12(9(2)17-16-8)23(20,21)15-7-11-18-19-13(22-11)10-4-3-5-14-6-10/h3-6,8-9,12,15-17H,7H2,1-2H3. The molecule has 0 radical (unpaired) electrons. The van der Waals surface area contributed by atoms with Crippen LogP contribution in [0, 0.1) is 0 Å². The predicted octanol–water partition coefficient (Wildman–Crippen LogP) is -0.196. The summed E-state index contributed by atoms with van der Waals surface area (Å²) in [6.07, 6.45) is 3.24. The highest BCUT2D eigenvalue weighted by Crippen LogP contribution is 2.17. The van der Waals surface area contributed by atoms with Crippen molar-refractivity contribution in [3.05, 3.63) is 30.4 Å². The number of hydrogen-bond acceptors (Lipinski definition) is 8. The zero-order valence-corrected chi connectivity index (χ0v) is 13.5. The molecule has 3 rings (SSSR count). The molecule has 3 heterocycles. The summed E-state index contributed by atoms with van der Waals surface area (Å²) in [7, 11) is -3.53. The van der Waals surface area contributed by atoms with E-state index in [0.717, 1.165) is 0 Å². The van der Waals surface area contributed by atoms with Crippen LogP contribution in [-0.4, -0.2) is 40.9 Å². The third-order valence-electron chi connectivity index (χ3n) is 3.68. The fourth-order valence-electron chi connectivity index (χ4n) is 2.59. The second-order valence-electron chi connectivity index (χ2n) is 5.44. The number of hydrogen-bond donors (Lipinski definition) is 3. The lowest BCUT2D eigenvalue weighted by Gasteiger charge is -2.18. The van der Waals surface area contributed by atoms with Crippen LogP contribution in [0.15, 0.2) is 28.9 Å². The van der Waals surface area contributed by atoms with Crippen molar-refractivity contribution in [2.24, 2.45) is 0 Å². The number of aromatic nitrogens is 3. The molecule has 1 aliphatic rings. The van der Waals surface area contributed by atoms with Crippen molar-refractivity contribution < 1.29 is 12.8 Å². The Bertz CT molecular complexity index is 753. The molecule has 0 aromatic carbocycles. The van der Waals surface area contributed by atoms with Crippen molar-refractivity contribution in [2.75, 3.05) is 0 Å². The van der Waals surface area contributed by atoms with E-state index in [0.29, 0.717) is 11.5 Å². The molecule has 124 valence electrons. The minimum absolute atomic E-state index is 0.0501. The molecular formula is C13H18N6O3S. The minimum atomic E-state index is -3.53. The van der Waals surface area contributed by atoms with Crippen LogP contribution in [0.5, 0.6) is 0 Å². The van der Waals surface area contributed by atoms with Gasteiger partial charge in [0.1, 0.15) is 5.25 Å². The molecule has 2 unspecified atom stereocenters. The van der Waals surface area contributed by atoms with Gasteiger partial charge in [-0.25, -0.2) is 13.1 Å². The average Bonchev–Trinajstić information content (AvgIpc) is 3.13. The summed E-state index contributed by atoms with van der Waals surface area (Å²) in [6.45, 7) is 3.58. The molecule has 1 aliphatic heterocycles. The molecule has 1 fully saturated rings. The van der Waals surface area contributed by atoms with Gasteiger partial charge in [-0.2, -0.15) is 0 Å². The molecule has 0 amide bonds. The maximum atomic E-state index is 12.4. The van der Waals surface area contributed by atoms with Gasteiger partial charge in [0.15, 0.2) is 0 Å². The fraction of sp³-hybridized carbons (Fsp3) is 0.462. The summed E-state index contributed by atoms with van der Waals surface area (Å²) in [4.78, 5) is 3.97. The summed E-state index contributed by atoms with van der Waals surface area (Å²) in [5.41, 5.74) is 6.52. The van der Waals surface area contributed by atoms with E-state index in [4.69, 9.17) is 4.42 Å². The summed E-state index contributed by atoms with van der Waals surface area (Å²) in [5.74, 6) is 0.505. The molecule has 2 aromatic heterocycles. The third kappa shape index (κ3) is 3.39. The molecule has 0 saturated carbocycles. The number of rotatable bonds is 5. The number of nitrogens with one attached hydrogen (secondary N) is 3. The highest BCUT2D eigenvalue weighted by Gasteiger charge is 2.40. The smallest absolute Gasteiger partial charge is 0.249 e. The Hall–Kier alpha value is -1.88. The largest absolute Gasteiger partial charge is 0.419 e. The van der Waals surface area contributed by atoms with Crippen molar-refractivity contribution in [1.29, 1.82) is 0 Å². The molecule has 0 spiro atoms. The van der Waals surface area contributed by atoms with Gasteiger partial charge in [0.05, 0.1) is 12.1 Å². The van der Waals surface area contributed by atoms with Crippen molar-refractivity contribution in [1.82, 2.24) is 30.8 Å². The van der Waals surface area contributed by atoms with Crippen LogP contribution >= 0.6 is 0 Å². The summed E-state index contributed by atoms with van der Waals surface area (Å²) in [6, 6.07) is 3.14. The SMILES string of the molecule is CC1NNC(C)C1S(=O)(=O)NCc1nnc(-c2cccnc2)o1.